The second-order valence-electron chi connectivity index (χ2n) is 5.79. The monoisotopic (exact) mass is 393 g/mol. The first kappa shape index (κ1) is 18.4. The number of anilines is 1. The Balaban J connectivity index is 2.08. The van der Waals surface area contributed by atoms with Crippen molar-refractivity contribution in [2.24, 2.45) is 0 Å². The van der Waals surface area contributed by atoms with Crippen LogP contribution >= 0.6 is 15.9 Å². The first-order valence-corrected chi connectivity index (χ1v) is 8.44. The Morgan fingerprint density at radius 1 is 1.12 bits per heavy atom. The number of amides is 2. The van der Waals surface area contributed by atoms with Crippen LogP contribution in [0, 0.1) is 5.82 Å². The van der Waals surface area contributed by atoms with Gasteiger partial charge in [-0.3, -0.25) is 0 Å². The minimum atomic E-state index is -0.374. The minimum Gasteiger partial charge on any atom is -0.319 e. The van der Waals surface area contributed by atoms with Gasteiger partial charge in [-0.05, 0) is 50.0 Å². The Kier molecular flexibility index (Phi) is 6.75. The summed E-state index contributed by atoms with van der Waals surface area (Å²) in [6, 6.07) is 13.5. The van der Waals surface area contributed by atoms with Crippen LogP contribution in [-0.2, 0) is 6.54 Å². The Bertz CT molecular complexity index is 676. The summed E-state index contributed by atoms with van der Waals surface area (Å²) < 4.78 is 14.3. The van der Waals surface area contributed by atoms with Crippen LogP contribution in [0.1, 0.15) is 5.56 Å². The van der Waals surface area contributed by atoms with Gasteiger partial charge < -0.3 is 15.1 Å². The number of hydrogen-bond acceptors (Lipinski definition) is 2. The summed E-state index contributed by atoms with van der Waals surface area (Å²) in [4.78, 5) is 16.3. The normalized spacial score (nSPS) is 10.7. The molecule has 0 fully saturated rings. The van der Waals surface area contributed by atoms with Crippen LogP contribution in [0.15, 0.2) is 53.0 Å². The van der Waals surface area contributed by atoms with Gasteiger partial charge in [-0.15, -0.1) is 0 Å². The predicted molar refractivity (Wildman–Crippen MR) is 98.5 cm³/mol. The third kappa shape index (κ3) is 5.94. The molecule has 0 atom stereocenters. The van der Waals surface area contributed by atoms with E-state index in [-0.39, 0.29) is 11.8 Å². The van der Waals surface area contributed by atoms with Crippen molar-refractivity contribution in [2.75, 3.05) is 32.5 Å². The first-order chi connectivity index (χ1) is 11.4. The van der Waals surface area contributed by atoms with Crippen molar-refractivity contribution in [1.29, 1.82) is 0 Å². The van der Waals surface area contributed by atoms with Gasteiger partial charge in [0.2, 0.25) is 0 Å². The van der Waals surface area contributed by atoms with Gasteiger partial charge in [0, 0.05) is 29.8 Å². The van der Waals surface area contributed by atoms with E-state index in [9.17, 15) is 9.18 Å². The van der Waals surface area contributed by atoms with Gasteiger partial charge >= 0.3 is 6.03 Å². The third-order valence-corrected chi connectivity index (χ3v) is 4.00. The molecule has 1 N–H and O–H groups in total. The minimum absolute atomic E-state index is 0.245. The van der Waals surface area contributed by atoms with E-state index in [4.69, 9.17) is 0 Å². The van der Waals surface area contributed by atoms with Gasteiger partial charge in [0.1, 0.15) is 5.82 Å². The molecule has 0 aliphatic heterocycles. The molecule has 0 bridgehead atoms. The fourth-order valence-corrected chi connectivity index (χ4v) is 2.42. The highest BCUT2D eigenvalue weighted by molar-refractivity contribution is 9.10. The van der Waals surface area contributed by atoms with E-state index in [0.29, 0.717) is 18.8 Å². The number of urea groups is 1. The zero-order chi connectivity index (χ0) is 17.5. The average molecular weight is 394 g/mol. The molecule has 128 valence electrons. The maximum absolute atomic E-state index is 13.3. The average Bonchev–Trinajstić information content (AvgIpc) is 2.53. The Morgan fingerprint density at radius 3 is 2.46 bits per heavy atom. The van der Waals surface area contributed by atoms with Crippen molar-refractivity contribution < 1.29 is 9.18 Å². The van der Waals surface area contributed by atoms with Crippen LogP contribution in [0.3, 0.4) is 0 Å². The number of benzene rings is 2. The van der Waals surface area contributed by atoms with Crippen molar-refractivity contribution in [2.45, 2.75) is 6.54 Å². The molecule has 0 radical (unpaired) electrons. The molecule has 4 nitrogen and oxygen atoms in total. The number of likely N-dealkylation sites (N-methyl/N-ethyl adjacent to an activating group) is 1. The molecular formula is C18H21BrFN3O. The summed E-state index contributed by atoms with van der Waals surface area (Å²) in [5, 5.41) is 2.76. The largest absolute Gasteiger partial charge is 0.322 e. The quantitative estimate of drug-likeness (QED) is 0.798. The Labute approximate surface area is 150 Å². The molecule has 0 aromatic heterocycles. The number of nitrogens with one attached hydrogen (secondary N) is 1. The molecule has 0 aliphatic rings. The Morgan fingerprint density at radius 2 is 1.83 bits per heavy atom. The van der Waals surface area contributed by atoms with Gasteiger partial charge in [0.15, 0.2) is 0 Å². The van der Waals surface area contributed by atoms with Gasteiger partial charge in [0.25, 0.3) is 0 Å². The SMILES string of the molecule is CN(C)CCN(Cc1ccc(Br)cc1)C(=O)Nc1cccc(F)c1. The van der Waals surface area contributed by atoms with Gasteiger partial charge in [-0.1, -0.05) is 34.1 Å². The lowest BCUT2D eigenvalue weighted by Crippen LogP contribution is -2.39. The standard InChI is InChI=1S/C18H21BrFN3O/c1-22(2)10-11-23(13-14-6-8-15(19)9-7-14)18(24)21-17-5-3-4-16(20)12-17/h3-9,12H,10-11,13H2,1-2H3,(H,21,24). The van der Waals surface area contributed by atoms with E-state index in [2.05, 4.69) is 21.2 Å². The summed E-state index contributed by atoms with van der Waals surface area (Å²) in [7, 11) is 3.92. The number of hydrogen-bond donors (Lipinski definition) is 1. The van der Waals surface area contributed by atoms with Crippen LogP contribution in [0.5, 0.6) is 0 Å². The predicted octanol–water partition coefficient (Wildman–Crippen LogP) is 4.18. The molecule has 0 aliphatic carbocycles. The number of nitrogens with zero attached hydrogens (tertiary/aromatic N) is 2. The Hall–Kier alpha value is -1.92. The highest BCUT2D eigenvalue weighted by Gasteiger charge is 2.15. The maximum atomic E-state index is 13.3. The third-order valence-electron chi connectivity index (χ3n) is 3.47. The molecule has 0 heterocycles. The van der Waals surface area contributed by atoms with Crippen molar-refractivity contribution >= 4 is 27.6 Å². The molecular weight excluding hydrogens is 373 g/mol. The molecule has 6 heteroatoms. The van der Waals surface area contributed by atoms with Crippen LogP contribution in [0.25, 0.3) is 0 Å². The number of carbonyl (C=O) groups excluding carboxylic acids is 1. The molecule has 2 aromatic carbocycles. The van der Waals surface area contributed by atoms with Crippen molar-refractivity contribution in [3.05, 3.63) is 64.4 Å². The van der Waals surface area contributed by atoms with Gasteiger partial charge in [-0.2, -0.15) is 0 Å². The van der Waals surface area contributed by atoms with Gasteiger partial charge in [0.05, 0.1) is 0 Å². The van der Waals surface area contributed by atoms with E-state index < -0.39 is 0 Å². The fourth-order valence-electron chi connectivity index (χ4n) is 2.15. The lowest BCUT2D eigenvalue weighted by atomic mass is 10.2. The topological polar surface area (TPSA) is 35.6 Å². The first-order valence-electron chi connectivity index (χ1n) is 7.65. The molecule has 2 rings (SSSR count). The summed E-state index contributed by atoms with van der Waals surface area (Å²) in [5.41, 5.74) is 1.48. The van der Waals surface area contributed by atoms with Gasteiger partial charge in [-0.25, -0.2) is 9.18 Å². The van der Waals surface area contributed by atoms with E-state index in [1.165, 1.54) is 12.1 Å². The number of carbonyl (C=O) groups is 1. The smallest absolute Gasteiger partial charge is 0.319 e. The summed E-state index contributed by atoms with van der Waals surface area (Å²) in [5.74, 6) is -0.374. The van der Waals surface area contributed by atoms with E-state index in [1.54, 1.807) is 17.0 Å². The second kappa shape index (κ2) is 8.80. The molecule has 2 amide bonds. The molecule has 0 saturated carbocycles. The lowest BCUT2D eigenvalue weighted by Gasteiger charge is -2.25. The molecule has 0 spiro atoms. The maximum Gasteiger partial charge on any atom is 0.322 e. The zero-order valence-electron chi connectivity index (χ0n) is 13.8. The highest BCUT2D eigenvalue weighted by Crippen LogP contribution is 2.14. The molecule has 24 heavy (non-hydrogen) atoms. The van der Waals surface area contributed by atoms with Crippen LogP contribution in [0.4, 0.5) is 14.9 Å². The summed E-state index contributed by atoms with van der Waals surface area (Å²) in [6.07, 6.45) is 0. The van der Waals surface area contributed by atoms with Crippen LogP contribution < -0.4 is 5.32 Å². The fraction of sp³-hybridized carbons (Fsp3) is 0.278. The second-order valence-corrected chi connectivity index (χ2v) is 6.71. The van der Waals surface area contributed by atoms with E-state index >= 15 is 0 Å². The van der Waals surface area contributed by atoms with Crippen LogP contribution in [0.2, 0.25) is 0 Å². The van der Waals surface area contributed by atoms with E-state index in [1.807, 2.05) is 43.3 Å². The van der Waals surface area contributed by atoms with Crippen molar-refractivity contribution in [3.63, 3.8) is 0 Å². The highest BCUT2D eigenvalue weighted by atomic mass is 79.9. The van der Waals surface area contributed by atoms with E-state index in [0.717, 1.165) is 16.6 Å². The molecule has 0 saturated heterocycles. The van der Waals surface area contributed by atoms with Crippen molar-refractivity contribution in [3.8, 4) is 0 Å². The number of rotatable bonds is 6. The molecule has 2 aromatic rings. The zero-order valence-corrected chi connectivity index (χ0v) is 15.4. The summed E-state index contributed by atoms with van der Waals surface area (Å²) >= 11 is 3.41. The number of halogens is 2. The van der Waals surface area contributed by atoms with Crippen molar-refractivity contribution in [1.82, 2.24) is 9.80 Å². The van der Waals surface area contributed by atoms with Crippen LogP contribution in [-0.4, -0.2) is 43.0 Å². The summed E-state index contributed by atoms with van der Waals surface area (Å²) in [6.45, 7) is 1.81. The molecule has 0 unspecified atom stereocenters. The lowest BCUT2D eigenvalue weighted by molar-refractivity contribution is 0.202.